The van der Waals surface area contributed by atoms with E-state index in [1.54, 1.807) is 13.0 Å². The first-order valence-electron chi connectivity index (χ1n) is 5.63. The van der Waals surface area contributed by atoms with Gasteiger partial charge in [-0.15, -0.1) is 0 Å². The van der Waals surface area contributed by atoms with E-state index in [2.05, 4.69) is 34.3 Å². The summed E-state index contributed by atoms with van der Waals surface area (Å²) < 4.78 is 10.4. The number of rotatable bonds is 4. The molecule has 1 rings (SSSR count). The van der Waals surface area contributed by atoms with Gasteiger partial charge in [0.15, 0.2) is 0 Å². The van der Waals surface area contributed by atoms with Crippen molar-refractivity contribution in [2.75, 3.05) is 0 Å². The molecule has 0 bridgehead atoms. The third-order valence-corrected chi connectivity index (χ3v) is 2.58. The van der Waals surface area contributed by atoms with E-state index in [0.29, 0.717) is 22.9 Å². The predicted octanol–water partition coefficient (Wildman–Crippen LogP) is 2.65. The van der Waals surface area contributed by atoms with Crippen LogP contribution >= 0.6 is 15.9 Å². The molecular formula is C14H13BrO4. The molecule has 0 aliphatic heterocycles. The van der Waals surface area contributed by atoms with Gasteiger partial charge in [0.2, 0.25) is 0 Å². The van der Waals surface area contributed by atoms with Gasteiger partial charge in [-0.1, -0.05) is 18.4 Å². The Morgan fingerprint density at radius 1 is 1.68 bits per heavy atom. The zero-order chi connectivity index (χ0) is 14.3. The first-order chi connectivity index (χ1) is 9.02. The van der Waals surface area contributed by atoms with Crippen molar-refractivity contribution in [3.63, 3.8) is 0 Å². The molecule has 0 saturated heterocycles. The van der Waals surface area contributed by atoms with E-state index in [0.717, 1.165) is 6.08 Å². The summed E-state index contributed by atoms with van der Waals surface area (Å²) in [5.74, 6) is 5.12. The van der Waals surface area contributed by atoms with Gasteiger partial charge in [0.1, 0.15) is 17.9 Å². The van der Waals surface area contributed by atoms with Crippen molar-refractivity contribution in [3.8, 4) is 11.8 Å². The highest BCUT2D eigenvalue weighted by Gasteiger charge is 2.04. The van der Waals surface area contributed by atoms with Crippen molar-refractivity contribution in [1.82, 2.24) is 0 Å². The van der Waals surface area contributed by atoms with Crippen LogP contribution in [0.1, 0.15) is 25.3 Å². The number of carbonyl (C=O) groups excluding carboxylic acids is 1. The normalized spacial score (nSPS) is 11.1. The van der Waals surface area contributed by atoms with Crippen molar-refractivity contribution in [3.05, 3.63) is 45.4 Å². The molecule has 0 aliphatic carbocycles. The van der Waals surface area contributed by atoms with Gasteiger partial charge in [-0.25, -0.2) is 9.59 Å². The molecule has 0 aromatic carbocycles. The molecule has 0 fully saturated rings. The van der Waals surface area contributed by atoms with Gasteiger partial charge < -0.3 is 9.15 Å². The minimum absolute atomic E-state index is 0.237. The van der Waals surface area contributed by atoms with Gasteiger partial charge in [-0.3, -0.25) is 0 Å². The van der Waals surface area contributed by atoms with Crippen molar-refractivity contribution in [2.45, 2.75) is 25.9 Å². The van der Waals surface area contributed by atoms with Gasteiger partial charge >= 0.3 is 11.6 Å². The maximum Gasteiger partial charge on any atom is 0.351 e. The number of hydrogen-bond acceptors (Lipinski definition) is 4. The summed E-state index contributed by atoms with van der Waals surface area (Å²) in [6.07, 6.45) is 3.29. The van der Waals surface area contributed by atoms with Crippen molar-refractivity contribution in [1.29, 1.82) is 0 Å². The lowest BCUT2D eigenvalue weighted by Gasteiger charge is -2.08. The average Bonchev–Trinajstić information content (AvgIpc) is 2.38. The van der Waals surface area contributed by atoms with Crippen LogP contribution in [0.15, 0.2) is 38.7 Å². The lowest BCUT2D eigenvalue weighted by Crippen LogP contribution is -2.12. The smallest absolute Gasteiger partial charge is 0.351 e. The molecule has 1 heterocycles. The van der Waals surface area contributed by atoms with Crippen LogP contribution in [0.4, 0.5) is 0 Å². The van der Waals surface area contributed by atoms with Gasteiger partial charge in [0, 0.05) is 12.5 Å². The Balaban J connectivity index is 2.52. The molecule has 0 unspecified atom stereocenters. The topological polar surface area (TPSA) is 56.5 Å². The molecule has 5 heteroatoms. The molecule has 0 saturated carbocycles. The van der Waals surface area contributed by atoms with Crippen LogP contribution in [0.5, 0.6) is 0 Å². The predicted molar refractivity (Wildman–Crippen MR) is 74.5 cm³/mol. The number of halogens is 1. The molecule has 100 valence electrons. The monoisotopic (exact) mass is 324 g/mol. The third kappa shape index (κ3) is 5.58. The zero-order valence-electron chi connectivity index (χ0n) is 10.4. The molecule has 1 aromatic heterocycles. The largest absolute Gasteiger partial charge is 0.459 e. The van der Waals surface area contributed by atoms with E-state index in [-0.39, 0.29) is 6.10 Å². The van der Waals surface area contributed by atoms with E-state index in [1.807, 2.05) is 0 Å². The van der Waals surface area contributed by atoms with Crippen molar-refractivity contribution >= 4 is 21.9 Å². The Kier molecular flexibility index (Phi) is 6.10. The number of carbonyl (C=O) groups is 1. The van der Waals surface area contributed by atoms with Crippen LogP contribution in [0.3, 0.4) is 0 Å². The van der Waals surface area contributed by atoms with E-state index in [1.165, 1.54) is 6.26 Å². The van der Waals surface area contributed by atoms with E-state index < -0.39 is 11.6 Å². The lowest BCUT2D eigenvalue weighted by molar-refractivity contribution is -0.142. The highest BCUT2D eigenvalue weighted by atomic mass is 79.9. The fourth-order valence-corrected chi connectivity index (χ4v) is 1.55. The fourth-order valence-electron chi connectivity index (χ4n) is 1.23. The number of ether oxygens (including phenoxy) is 1. The molecule has 0 amide bonds. The van der Waals surface area contributed by atoms with Gasteiger partial charge in [0.25, 0.3) is 0 Å². The summed E-state index contributed by atoms with van der Waals surface area (Å²) in [6.45, 7) is 5.09. The van der Waals surface area contributed by atoms with E-state index >= 15 is 0 Å². The molecule has 0 spiro atoms. The highest BCUT2D eigenvalue weighted by molar-refractivity contribution is 9.10. The minimum atomic E-state index is -0.471. The first-order valence-corrected chi connectivity index (χ1v) is 6.42. The Hall–Kier alpha value is -1.80. The van der Waals surface area contributed by atoms with Gasteiger partial charge in [-0.2, -0.15) is 0 Å². The van der Waals surface area contributed by atoms with Crippen LogP contribution in [0.2, 0.25) is 0 Å². The lowest BCUT2D eigenvalue weighted by atomic mass is 10.2. The third-order valence-electron chi connectivity index (χ3n) is 2.16. The molecule has 0 radical (unpaired) electrons. The Morgan fingerprint density at radius 3 is 3.11 bits per heavy atom. The second-order valence-corrected chi connectivity index (χ2v) is 4.67. The molecule has 1 aromatic rings. The SMILES string of the molecule is C=CC(=O)O[C@H](C)CCC#Cc1cc(Br)coc1=O. The first kappa shape index (κ1) is 15.3. The molecule has 19 heavy (non-hydrogen) atoms. The summed E-state index contributed by atoms with van der Waals surface area (Å²) >= 11 is 3.20. The van der Waals surface area contributed by atoms with Gasteiger partial charge in [-0.05, 0) is 35.3 Å². The van der Waals surface area contributed by atoms with Crippen LogP contribution < -0.4 is 5.63 Å². The molecule has 0 N–H and O–H groups in total. The Bertz CT molecular complexity index is 577. The Morgan fingerprint density at radius 2 is 2.42 bits per heavy atom. The maximum absolute atomic E-state index is 11.3. The highest BCUT2D eigenvalue weighted by Crippen LogP contribution is 2.07. The minimum Gasteiger partial charge on any atom is -0.459 e. The second kappa shape index (κ2) is 7.59. The second-order valence-electron chi connectivity index (χ2n) is 3.76. The molecule has 0 aliphatic rings. The standard InChI is InChI=1S/C14H13BrO4/c1-3-13(16)19-10(2)6-4-5-7-11-8-12(15)9-18-14(11)17/h3,8-10H,1,4,6H2,2H3/t10-/m1/s1. The summed E-state index contributed by atoms with van der Waals surface area (Å²) in [6, 6.07) is 1.60. The molecule has 4 nitrogen and oxygen atoms in total. The quantitative estimate of drug-likeness (QED) is 0.485. The van der Waals surface area contributed by atoms with Crippen LogP contribution in [-0.4, -0.2) is 12.1 Å². The van der Waals surface area contributed by atoms with Gasteiger partial charge in [0.05, 0.1) is 4.47 Å². The van der Waals surface area contributed by atoms with E-state index in [9.17, 15) is 9.59 Å². The van der Waals surface area contributed by atoms with E-state index in [4.69, 9.17) is 9.15 Å². The van der Waals surface area contributed by atoms with Crippen molar-refractivity contribution < 1.29 is 13.9 Å². The number of esters is 1. The molecular weight excluding hydrogens is 312 g/mol. The summed E-state index contributed by atoms with van der Waals surface area (Å²) in [7, 11) is 0. The van der Waals surface area contributed by atoms with Crippen LogP contribution in [0, 0.1) is 11.8 Å². The summed E-state index contributed by atoms with van der Waals surface area (Å²) in [5.41, 5.74) is -0.174. The van der Waals surface area contributed by atoms with Crippen molar-refractivity contribution in [2.24, 2.45) is 0 Å². The van der Waals surface area contributed by atoms with Crippen LogP contribution in [0.25, 0.3) is 0 Å². The average molecular weight is 325 g/mol. The fraction of sp³-hybridized carbons (Fsp3) is 0.286. The maximum atomic E-state index is 11.3. The van der Waals surface area contributed by atoms with Crippen LogP contribution in [-0.2, 0) is 9.53 Å². The Labute approximate surface area is 119 Å². The summed E-state index contributed by atoms with van der Waals surface area (Å²) in [4.78, 5) is 22.2. The zero-order valence-corrected chi connectivity index (χ0v) is 12.0. The summed E-state index contributed by atoms with van der Waals surface area (Å²) in [5, 5.41) is 0. The molecule has 1 atom stereocenters. The number of hydrogen-bond donors (Lipinski definition) is 0.